The van der Waals surface area contributed by atoms with Crippen LogP contribution in [0.15, 0.2) is 36.5 Å². The van der Waals surface area contributed by atoms with E-state index in [0.29, 0.717) is 0 Å². The molecule has 0 saturated carbocycles. The topological polar surface area (TPSA) is 152 Å². The molecule has 0 saturated heterocycles. The average molecular weight is 362 g/mol. The van der Waals surface area contributed by atoms with Crippen molar-refractivity contribution in [3.63, 3.8) is 0 Å². The molecule has 0 rings (SSSR count). The number of aliphatic carboxylic acids is 3. The van der Waals surface area contributed by atoms with Crippen molar-refractivity contribution in [2.45, 2.75) is 34.6 Å². The van der Waals surface area contributed by atoms with Crippen molar-refractivity contribution >= 4 is 17.9 Å². The molecule has 0 aromatic heterocycles. The van der Waals surface area contributed by atoms with Crippen LogP contribution in [0.2, 0.25) is 0 Å². The first kappa shape index (κ1) is 30.4. The Morgan fingerprint density at radius 3 is 0.800 bits per heavy atom. The zero-order chi connectivity index (χ0) is 21.4. The summed E-state index contributed by atoms with van der Waals surface area (Å²) in [7, 11) is 0. The van der Waals surface area contributed by atoms with Gasteiger partial charge in [0.05, 0.1) is 13.2 Å². The van der Waals surface area contributed by atoms with Crippen LogP contribution >= 0.6 is 0 Å². The Balaban J connectivity index is -0.000000118. The van der Waals surface area contributed by atoms with Crippen LogP contribution in [0, 0.1) is 5.41 Å². The monoisotopic (exact) mass is 362 g/mol. The lowest BCUT2D eigenvalue weighted by Crippen LogP contribution is -2.20. The minimum absolute atomic E-state index is 0.0451. The van der Waals surface area contributed by atoms with E-state index in [2.05, 4.69) is 19.7 Å². The minimum Gasteiger partial charge on any atom is -0.478 e. The van der Waals surface area contributed by atoms with Crippen molar-refractivity contribution in [2.24, 2.45) is 5.41 Å². The average Bonchev–Trinajstić information content (AvgIpc) is 2.48. The molecule has 0 unspecified atom stereocenters. The van der Waals surface area contributed by atoms with Crippen molar-refractivity contribution in [3.8, 4) is 0 Å². The molecule has 0 radical (unpaired) electrons. The molecule has 0 aromatic carbocycles. The summed E-state index contributed by atoms with van der Waals surface area (Å²) in [4.78, 5) is 28.8. The molecule has 0 aromatic rings. The Labute approximate surface area is 148 Å². The molecular weight excluding hydrogens is 332 g/mol. The summed E-state index contributed by atoms with van der Waals surface area (Å²) in [5, 5.41) is 40.5. The Morgan fingerprint density at radius 2 is 0.800 bits per heavy atom. The van der Waals surface area contributed by atoms with Gasteiger partial charge in [0.25, 0.3) is 0 Å². The van der Waals surface area contributed by atoms with Gasteiger partial charge >= 0.3 is 17.9 Å². The number of hydrogen-bond acceptors (Lipinski definition) is 5. The fourth-order valence-corrected chi connectivity index (χ4v) is 0.0500. The van der Waals surface area contributed by atoms with E-state index in [-0.39, 0.29) is 35.3 Å². The van der Waals surface area contributed by atoms with Gasteiger partial charge in [-0.05, 0) is 20.8 Å². The van der Waals surface area contributed by atoms with E-state index in [1.807, 2.05) is 0 Å². The van der Waals surface area contributed by atoms with Crippen LogP contribution in [-0.2, 0) is 14.4 Å². The first-order chi connectivity index (χ1) is 11.0. The van der Waals surface area contributed by atoms with Crippen LogP contribution in [0.4, 0.5) is 0 Å². The molecule has 5 N–H and O–H groups in total. The highest BCUT2D eigenvalue weighted by molar-refractivity contribution is 5.85. The van der Waals surface area contributed by atoms with Gasteiger partial charge < -0.3 is 25.5 Å². The highest BCUT2D eigenvalue weighted by atomic mass is 16.4. The third-order valence-electron chi connectivity index (χ3n) is 1.95. The van der Waals surface area contributed by atoms with Gasteiger partial charge in [0.2, 0.25) is 0 Å². The molecule has 0 aliphatic rings. The van der Waals surface area contributed by atoms with Gasteiger partial charge in [-0.3, -0.25) is 0 Å². The van der Waals surface area contributed by atoms with Gasteiger partial charge in [0.1, 0.15) is 0 Å². The van der Waals surface area contributed by atoms with Crippen molar-refractivity contribution in [1.29, 1.82) is 0 Å². The van der Waals surface area contributed by atoms with E-state index >= 15 is 0 Å². The Morgan fingerprint density at radius 1 is 0.680 bits per heavy atom. The van der Waals surface area contributed by atoms with Crippen LogP contribution < -0.4 is 0 Å². The lowest BCUT2D eigenvalue weighted by molar-refractivity contribution is -0.133. The first-order valence-corrected chi connectivity index (χ1v) is 6.93. The maximum Gasteiger partial charge on any atom is 0.330 e. The molecule has 146 valence electrons. The molecule has 0 aliphatic carbocycles. The second kappa shape index (κ2) is 16.4. The van der Waals surface area contributed by atoms with Gasteiger partial charge in [-0.25, -0.2) is 14.4 Å². The van der Waals surface area contributed by atoms with Gasteiger partial charge in [-0.2, -0.15) is 0 Å². The fourth-order valence-electron chi connectivity index (χ4n) is 0.0500. The van der Waals surface area contributed by atoms with Crippen LogP contribution in [0.1, 0.15) is 34.6 Å². The molecule has 25 heavy (non-hydrogen) atoms. The summed E-state index contributed by atoms with van der Waals surface area (Å²) in [6.45, 7) is 17.5. The second-order valence-corrected chi connectivity index (χ2v) is 5.74. The highest BCUT2D eigenvalue weighted by Gasteiger charge is 2.13. The van der Waals surface area contributed by atoms with Crippen molar-refractivity contribution in [3.05, 3.63) is 36.5 Å². The van der Waals surface area contributed by atoms with Crippen LogP contribution in [0.3, 0.4) is 0 Å². The largest absolute Gasteiger partial charge is 0.478 e. The molecule has 0 amide bonds. The molecule has 0 spiro atoms. The molecule has 0 bridgehead atoms. The summed E-state index contributed by atoms with van der Waals surface area (Å²) >= 11 is 0. The number of rotatable bonds is 5. The third kappa shape index (κ3) is 34.1. The zero-order valence-corrected chi connectivity index (χ0v) is 15.5. The van der Waals surface area contributed by atoms with E-state index < -0.39 is 17.9 Å². The maximum atomic E-state index is 9.60. The van der Waals surface area contributed by atoms with Crippen LogP contribution in [0.5, 0.6) is 0 Å². The smallest absolute Gasteiger partial charge is 0.330 e. The summed E-state index contributed by atoms with van der Waals surface area (Å²) in [5.41, 5.74) is 0.222. The lowest BCUT2D eigenvalue weighted by Gasteiger charge is -2.16. The van der Waals surface area contributed by atoms with Crippen molar-refractivity contribution in [2.75, 3.05) is 13.2 Å². The Kier molecular flexibility index (Phi) is 20.0. The van der Waals surface area contributed by atoms with E-state index in [9.17, 15) is 14.4 Å². The fraction of sp³-hybridized carbons (Fsp3) is 0.471. The first-order valence-electron chi connectivity index (χ1n) is 6.93. The standard InChI is InChI=1S/C5H12O2.3C4H6O2/c1-5(2,3-6)4-7;3*1-3(2)4(5)6/h6-7H,3-4H2,1-2H3;3*1H2,2H3,(H,5,6). The van der Waals surface area contributed by atoms with E-state index in [1.165, 1.54) is 20.8 Å². The number of hydrogen-bond donors (Lipinski definition) is 5. The number of carboxylic acid groups (broad SMARTS) is 3. The SMILES string of the molecule is C=C(C)C(=O)O.C=C(C)C(=O)O.C=C(C)C(=O)O.CC(C)(CO)CO. The Hall–Kier alpha value is -2.45. The third-order valence-corrected chi connectivity index (χ3v) is 1.95. The molecular formula is C17H30O8. The summed E-state index contributed by atoms with van der Waals surface area (Å²) in [6, 6.07) is 0. The second-order valence-electron chi connectivity index (χ2n) is 5.74. The minimum atomic E-state index is -0.935. The zero-order valence-electron chi connectivity index (χ0n) is 15.5. The summed E-state index contributed by atoms with van der Waals surface area (Å²) in [6.07, 6.45) is 0. The molecule has 8 heteroatoms. The Bertz CT molecular complexity index is 376. The number of carboxylic acids is 3. The van der Waals surface area contributed by atoms with Crippen LogP contribution in [-0.4, -0.2) is 56.7 Å². The maximum absolute atomic E-state index is 9.60. The molecule has 0 aliphatic heterocycles. The van der Waals surface area contributed by atoms with E-state index in [4.69, 9.17) is 25.5 Å². The number of carbonyl (C=O) groups is 3. The molecule has 0 heterocycles. The normalized spacial score (nSPS) is 8.76. The summed E-state index contributed by atoms with van der Waals surface area (Å²) in [5.74, 6) is -2.81. The van der Waals surface area contributed by atoms with Gasteiger partial charge in [-0.15, -0.1) is 0 Å². The lowest BCUT2D eigenvalue weighted by atomic mass is 9.97. The molecule has 0 atom stereocenters. The van der Waals surface area contributed by atoms with Crippen molar-refractivity contribution in [1.82, 2.24) is 0 Å². The predicted molar refractivity (Wildman–Crippen MR) is 95.3 cm³/mol. The number of aliphatic hydroxyl groups is 2. The van der Waals surface area contributed by atoms with Crippen molar-refractivity contribution < 1.29 is 39.9 Å². The van der Waals surface area contributed by atoms with Crippen LogP contribution in [0.25, 0.3) is 0 Å². The predicted octanol–water partition coefficient (Wildman–Crippen LogP) is 1.94. The molecule has 0 fully saturated rings. The summed E-state index contributed by atoms with van der Waals surface area (Å²) < 4.78 is 0. The van der Waals surface area contributed by atoms with Gasteiger partial charge in [0, 0.05) is 22.1 Å². The molecule has 8 nitrogen and oxygen atoms in total. The van der Waals surface area contributed by atoms with E-state index in [0.717, 1.165) is 0 Å². The van der Waals surface area contributed by atoms with E-state index in [1.54, 1.807) is 13.8 Å². The van der Waals surface area contributed by atoms with Gasteiger partial charge in [-0.1, -0.05) is 33.6 Å². The number of aliphatic hydroxyl groups excluding tert-OH is 2. The highest BCUT2D eigenvalue weighted by Crippen LogP contribution is 2.10. The van der Waals surface area contributed by atoms with Gasteiger partial charge in [0.15, 0.2) is 0 Å². The quantitative estimate of drug-likeness (QED) is 0.465.